The maximum atomic E-state index is 4.41. The Morgan fingerprint density at radius 3 is 1.69 bits per heavy atom. The molecule has 0 unspecified atom stereocenters. The molecule has 0 fully saturated rings. The normalized spacial score (nSPS) is 9.69. The molecule has 3 heteroatoms. The van der Waals surface area contributed by atoms with Crippen LogP contribution in [0, 0.1) is 13.8 Å². The van der Waals surface area contributed by atoms with Gasteiger partial charge in [-0.05, 0) is 26.0 Å². The van der Waals surface area contributed by atoms with Gasteiger partial charge in [-0.1, -0.05) is 12.1 Å². The number of aryl methyl sites for hydroxylation is 2. The Morgan fingerprint density at radius 1 is 0.923 bits per heavy atom. The molecule has 0 aliphatic carbocycles. The van der Waals surface area contributed by atoms with Crippen LogP contribution in [0.3, 0.4) is 0 Å². The quantitative estimate of drug-likeness (QED) is 0.507. The summed E-state index contributed by atoms with van der Waals surface area (Å²) in [4.78, 5) is 8.83. The summed E-state index contributed by atoms with van der Waals surface area (Å²) in [6.45, 7) is 3.96. The Hall–Kier alpha value is -0.440. The number of aromatic nitrogens is 2. The van der Waals surface area contributed by atoms with Crippen molar-refractivity contribution in [1.29, 1.82) is 0 Å². The molecule has 2 rings (SSSR count). The van der Waals surface area contributed by atoms with Crippen molar-refractivity contribution in [2.24, 2.45) is 0 Å². The molecule has 0 aliphatic heterocycles. The van der Waals surface area contributed by atoms with Crippen LogP contribution in [0.15, 0.2) is 24.3 Å². The van der Waals surface area contributed by atoms with Crippen LogP contribution in [0.1, 0.15) is 12.8 Å². The van der Waals surface area contributed by atoms with Gasteiger partial charge in [0.25, 0.3) is 0 Å². The zero-order valence-corrected chi connectivity index (χ0v) is 10.2. The van der Waals surface area contributed by atoms with Crippen molar-refractivity contribution in [3.8, 4) is 0 Å². The van der Waals surface area contributed by atoms with E-state index in [1.54, 1.807) is 0 Å². The van der Waals surface area contributed by atoms with Gasteiger partial charge in [-0.15, -0.1) is 0 Å². The van der Waals surface area contributed by atoms with E-state index in [1.165, 1.54) is 0 Å². The molecule has 2 aromatic rings. The van der Waals surface area contributed by atoms with Gasteiger partial charge in [-0.25, -0.2) is 9.97 Å². The van der Waals surface area contributed by atoms with Gasteiger partial charge in [-0.2, -0.15) is 0 Å². The van der Waals surface area contributed by atoms with Crippen LogP contribution >= 0.6 is 0 Å². The Kier molecular flexibility index (Phi) is 3.42. The van der Waals surface area contributed by atoms with Crippen LogP contribution in [0.5, 0.6) is 0 Å². The molecule has 0 bridgehead atoms. The van der Waals surface area contributed by atoms with E-state index >= 15 is 0 Å². The zero-order chi connectivity index (χ0) is 8.55. The summed E-state index contributed by atoms with van der Waals surface area (Å²) in [5.41, 5.74) is 3.96. The van der Waals surface area contributed by atoms with Gasteiger partial charge in [0.15, 0.2) is 0 Å². The van der Waals surface area contributed by atoms with Crippen molar-refractivity contribution in [1.82, 2.24) is 9.97 Å². The van der Waals surface area contributed by atoms with Crippen molar-refractivity contribution < 1.29 is 31.0 Å². The summed E-state index contributed by atoms with van der Waals surface area (Å²) in [6.07, 6.45) is 0. The number of rotatable bonds is 0. The van der Waals surface area contributed by atoms with Crippen molar-refractivity contribution in [2.45, 2.75) is 13.8 Å². The summed E-state index contributed by atoms with van der Waals surface area (Å²) >= 11 is 0. The molecule has 0 saturated heterocycles. The van der Waals surface area contributed by atoms with Gasteiger partial charge >= 0.3 is 29.6 Å². The topological polar surface area (TPSA) is 25.8 Å². The maximum absolute atomic E-state index is 4.41. The third-order valence-electron chi connectivity index (χ3n) is 1.98. The monoisotopic (exact) mass is 182 g/mol. The van der Waals surface area contributed by atoms with Crippen LogP contribution in [0.4, 0.5) is 0 Å². The molecule has 13 heavy (non-hydrogen) atoms. The first-order chi connectivity index (χ1) is 5.77. The Bertz CT molecular complexity index is 391. The minimum Gasteiger partial charge on any atom is -1.00 e. The molecule has 0 atom stereocenters. The molecule has 1 heterocycles. The van der Waals surface area contributed by atoms with E-state index in [2.05, 4.69) is 9.97 Å². The average molecular weight is 182 g/mol. The van der Waals surface area contributed by atoms with Crippen LogP contribution in [-0.2, 0) is 0 Å². The number of para-hydroxylation sites is 2. The number of hydrogen-bond acceptors (Lipinski definition) is 2. The predicted octanol–water partition coefficient (Wildman–Crippen LogP) is -0.637. The van der Waals surface area contributed by atoms with Gasteiger partial charge in [-0.3, -0.25) is 0 Å². The Morgan fingerprint density at radius 2 is 1.31 bits per heavy atom. The van der Waals surface area contributed by atoms with E-state index in [1.807, 2.05) is 38.1 Å². The number of benzene rings is 1. The fourth-order valence-electron chi connectivity index (χ4n) is 1.18. The van der Waals surface area contributed by atoms with Crippen molar-refractivity contribution >= 4 is 11.0 Å². The third-order valence-corrected chi connectivity index (χ3v) is 1.98. The van der Waals surface area contributed by atoms with E-state index in [-0.39, 0.29) is 31.0 Å². The Labute approximate surface area is 101 Å². The average Bonchev–Trinajstić information content (AvgIpc) is 2.07. The standard InChI is InChI=1S/C10H10N2.Na.H/c1-7-8(2)12-10-6-4-3-5-9(10)11-7;;/h3-6H,1-2H3;;/q;+1;-1. The van der Waals surface area contributed by atoms with Gasteiger partial charge in [0.1, 0.15) is 0 Å². The summed E-state index contributed by atoms with van der Waals surface area (Å²) in [7, 11) is 0. The first kappa shape index (κ1) is 10.6. The fourth-order valence-corrected chi connectivity index (χ4v) is 1.18. The van der Waals surface area contributed by atoms with Crippen LogP contribution < -0.4 is 29.6 Å². The first-order valence-electron chi connectivity index (χ1n) is 3.97. The zero-order valence-electron chi connectivity index (χ0n) is 9.20. The summed E-state index contributed by atoms with van der Waals surface area (Å²) in [6, 6.07) is 7.92. The molecule has 0 saturated carbocycles. The van der Waals surface area contributed by atoms with Gasteiger partial charge in [0, 0.05) is 0 Å². The summed E-state index contributed by atoms with van der Waals surface area (Å²) in [5.74, 6) is 0. The first-order valence-corrected chi connectivity index (χ1v) is 3.97. The molecule has 1 aromatic heterocycles. The molecule has 2 nitrogen and oxygen atoms in total. The second-order valence-corrected chi connectivity index (χ2v) is 2.88. The smallest absolute Gasteiger partial charge is 1.00 e. The van der Waals surface area contributed by atoms with Crippen LogP contribution in [0.2, 0.25) is 0 Å². The molecule has 0 N–H and O–H groups in total. The predicted molar refractivity (Wildman–Crippen MR) is 50.1 cm³/mol. The fraction of sp³-hybridized carbons (Fsp3) is 0.200. The van der Waals surface area contributed by atoms with Crippen LogP contribution in [-0.4, -0.2) is 9.97 Å². The van der Waals surface area contributed by atoms with Gasteiger partial charge in [0.05, 0.1) is 22.4 Å². The molecule has 1 aromatic carbocycles. The number of fused-ring (bicyclic) bond motifs is 1. The van der Waals surface area contributed by atoms with Crippen LogP contribution in [0.25, 0.3) is 11.0 Å². The van der Waals surface area contributed by atoms with Crippen molar-refractivity contribution in [3.05, 3.63) is 35.7 Å². The largest absolute Gasteiger partial charge is 1.00 e. The van der Waals surface area contributed by atoms with Gasteiger partial charge < -0.3 is 1.43 Å². The molecule has 62 valence electrons. The summed E-state index contributed by atoms with van der Waals surface area (Å²) in [5, 5.41) is 0. The van der Waals surface area contributed by atoms with Gasteiger partial charge in [0.2, 0.25) is 0 Å². The molecule has 0 amide bonds. The van der Waals surface area contributed by atoms with E-state index in [4.69, 9.17) is 0 Å². The maximum Gasteiger partial charge on any atom is 1.00 e. The third kappa shape index (κ3) is 2.08. The molecule has 0 radical (unpaired) electrons. The minimum atomic E-state index is 0. The minimum absolute atomic E-state index is 0. The summed E-state index contributed by atoms with van der Waals surface area (Å²) < 4.78 is 0. The molecule has 0 aliphatic rings. The number of nitrogens with zero attached hydrogens (tertiary/aromatic N) is 2. The van der Waals surface area contributed by atoms with Crippen molar-refractivity contribution in [3.63, 3.8) is 0 Å². The molecular formula is C10H11N2Na. The van der Waals surface area contributed by atoms with E-state index in [9.17, 15) is 0 Å². The second-order valence-electron chi connectivity index (χ2n) is 2.88. The molecular weight excluding hydrogens is 171 g/mol. The SMILES string of the molecule is Cc1nc2ccccc2nc1C.[H-].[Na+]. The molecule has 0 spiro atoms. The van der Waals surface area contributed by atoms with Crippen molar-refractivity contribution in [2.75, 3.05) is 0 Å². The Balaban J connectivity index is 0.000000845. The van der Waals surface area contributed by atoms with E-state index in [0.717, 1.165) is 22.4 Å². The van der Waals surface area contributed by atoms with E-state index in [0.29, 0.717) is 0 Å². The number of hydrogen-bond donors (Lipinski definition) is 0. The second kappa shape index (κ2) is 4.18. The van der Waals surface area contributed by atoms with E-state index < -0.39 is 0 Å².